The van der Waals surface area contributed by atoms with Crippen LogP contribution in [0.25, 0.3) is 0 Å². The number of rotatable bonds is 5. The topological polar surface area (TPSA) is 30.8 Å². The van der Waals surface area contributed by atoms with E-state index in [1.165, 1.54) is 24.1 Å². The Balaban J connectivity index is 2.18. The molecule has 3 nitrogen and oxygen atoms in total. The maximum absolute atomic E-state index is 12.6. The third kappa shape index (κ3) is 5.02. The zero-order chi connectivity index (χ0) is 11.8. The molecule has 0 radical (unpaired) electrons. The van der Waals surface area contributed by atoms with Crippen molar-refractivity contribution >= 4 is 17.8 Å². The number of ether oxygens (including phenoxy) is 2. The van der Waals surface area contributed by atoms with E-state index in [0.717, 1.165) is 5.75 Å². The predicted molar refractivity (Wildman–Crippen MR) is 64.5 cm³/mol. The van der Waals surface area contributed by atoms with Gasteiger partial charge in [-0.3, -0.25) is 0 Å². The van der Waals surface area contributed by atoms with Crippen LogP contribution in [0.15, 0.2) is 28.7 Å². The number of nitrogens with zero attached hydrogens (tertiary/aromatic N) is 1. The summed E-state index contributed by atoms with van der Waals surface area (Å²) in [6.07, 6.45) is 0. The SMILES string of the molecule is CO/C(C)=N/SCCOc1ccc(F)cc1. The molecule has 0 bridgehead atoms. The summed E-state index contributed by atoms with van der Waals surface area (Å²) in [5, 5.41) is 0. The van der Waals surface area contributed by atoms with Crippen LogP contribution in [0.2, 0.25) is 0 Å². The Kier molecular flexibility index (Phi) is 5.71. The highest BCUT2D eigenvalue weighted by Gasteiger charge is 1.94. The molecule has 0 unspecified atom stereocenters. The van der Waals surface area contributed by atoms with Gasteiger partial charge in [0.15, 0.2) is 5.90 Å². The van der Waals surface area contributed by atoms with Crippen molar-refractivity contribution in [3.05, 3.63) is 30.1 Å². The summed E-state index contributed by atoms with van der Waals surface area (Å²) in [4.78, 5) is 0. The van der Waals surface area contributed by atoms with Gasteiger partial charge in [-0.1, -0.05) is 0 Å². The van der Waals surface area contributed by atoms with Gasteiger partial charge in [-0.15, -0.1) is 0 Å². The van der Waals surface area contributed by atoms with E-state index >= 15 is 0 Å². The summed E-state index contributed by atoms with van der Waals surface area (Å²) in [5.74, 6) is 1.75. The normalized spacial score (nSPS) is 11.3. The molecular weight excluding hydrogens is 229 g/mol. The Bertz CT molecular complexity index is 340. The van der Waals surface area contributed by atoms with Gasteiger partial charge in [-0.05, 0) is 36.2 Å². The summed E-state index contributed by atoms with van der Waals surface area (Å²) in [6, 6.07) is 5.94. The molecule has 0 N–H and O–H groups in total. The Morgan fingerprint density at radius 1 is 1.38 bits per heavy atom. The Labute approximate surface area is 98.8 Å². The van der Waals surface area contributed by atoms with E-state index in [0.29, 0.717) is 18.3 Å². The summed E-state index contributed by atoms with van der Waals surface area (Å²) in [6.45, 7) is 2.31. The molecule has 0 aromatic heterocycles. The van der Waals surface area contributed by atoms with Crippen molar-refractivity contribution in [3.63, 3.8) is 0 Å². The van der Waals surface area contributed by atoms with Gasteiger partial charge in [0.05, 0.1) is 13.7 Å². The number of methoxy groups -OCH3 is 1. The van der Waals surface area contributed by atoms with Crippen LogP contribution in [-0.4, -0.2) is 25.4 Å². The number of halogens is 1. The highest BCUT2D eigenvalue weighted by atomic mass is 32.2. The second kappa shape index (κ2) is 7.11. The zero-order valence-corrected chi connectivity index (χ0v) is 10.1. The first kappa shape index (κ1) is 12.8. The first-order valence-electron chi connectivity index (χ1n) is 4.81. The van der Waals surface area contributed by atoms with Crippen LogP contribution < -0.4 is 4.74 Å². The van der Waals surface area contributed by atoms with Gasteiger partial charge < -0.3 is 9.47 Å². The van der Waals surface area contributed by atoms with Crippen LogP contribution >= 0.6 is 11.9 Å². The highest BCUT2D eigenvalue weighted by molar-refractivity contribution is 7.98. The summed E-state index contributed by atoms with van der Waals surface area (Å²) < 4.78 is 26.9. The fourth-order valence-electron chi connectivity index (χ4n) is 0.901. The first-order chi connectivity index (χ1) is 7.72. The molecule has 5 heteroatoms. The van der Waals surface area contributed by atoms with Crippen LogP contribution in [0, 0.1) is 5.82 Å². The maximum Gasteiger partial charge on any atom is 0.191 e. The van der Waals surface area contributed by atoms with Gasteiger partial charge >= 0.3 is 0 Å². The van der Waals surface area contributed by atoms with Crippen LogP contribution in [0.1, 0.15) is 6.92 Å². The van der Waals surface area contributed by atoms with Crippen molar-refractivity contribution in [1.82, 2.24) is 0 Å². The molecule has 0 heterocycles. The van der Waals surface area contributed by atoms with E-state index in [1.807, 2.05) is 0 Å². The van der Waals surface area contributed by atoms with Crippen LogP contribution in [0.5, 0.6) is 5.75 Å². The molecule has 0 fully saturated rings. The molecule has 0 spiro atoms. The fraction of sp³-hybridized carbons (Fsp3) is 0.364. The van der Waals surface area contributed by atoms with E-state index in [1.54, 1.807) is 26.2 Å². The smallest absolute Gasteiger partial charge is 0.191 e. The van der Waals surface area contributed by atoms with E-state index in [9.17, 15) is 4.39 Å². The zero-order valence-electron chi connectivity index (χ0n) is 9.27. The first-order valence-corrected chi connectivity index (χ1v) is 5.75. The van der Waals surface area contributed by atoms with Crippen molar-refractivity contribution in [1.29, 1.82) is 0 Å². The fourth-order valence-corrected chi connectivity index (χ4v) is 1.41. The number of hydrogen-bond donors (Lipinski definition) is 0. The molecular formula is C11H14FNO2S. The van der Waals surface area contributed by atoms with Crippen molar-refractivity contribution < 1.29 is 13.9 Å². The van der Waals surface area contributed by atoms with Crippen LogP contribution in [-0.2, 0) is 4.74 Å². The molecule has 0 saturated carbocycles. The number of benzene rings is 1. The minimum absolute atomic E-state index is 0.262. The third-order valence-electron chi connectivity index (χ3n) is 1.75. The largest absolute Gasteiger partial charge is 0.493 e. The summed E-state index contributed by atoms with van der Waals surface area (Å²) >= 11 is 1.37. The van der Waals surface area contributed by atoms with Crippen molar-refractivity contribution in [2.45, 2.75) is 6.92 Å². The molecule has 88 valence electrons. The molecule has 0 aliphatic heterocycles. The average Bonchev–Trinajstić information content (AvgIpc) is 2.31. The van der Waals surface area contributed by atoms with E-state index in [4.69, 9.17) is 9.47 Å². The lowest BCUT2D eigenvalue weighted by atomic mass is 10.3. The van der Waals surface area contributed by atoms with E-state index < -0.39 is 0 Å². The lowest BCUT2D eigenvalue weighted by Crippen LogP contribution is -2.00. The van der Waals surface area contributed by atoms with Gasteiger partial charge in [0, 0.05) is 12.7 Å². The van der Waals surface area contributed by atoms with Crippen LogP contribution in [0.4, 0.5) is 4.39 Å². The van der Waals surface area contributed by atoms with Gasteiger partial charge in [-0.2, -0.15) is 4.40 Å². The lowest BCUT2D eigenvalue weighted by Gasteiger charge is -2.04. The minimum Gasteiger partial charge on any atom is -0.493 e. The monoisotopic (exact) mass is 243 g/mol. The standard InChI is InChI=1S/C11H14FNO2S/c1-9(14-2)13-16-8-7-15-11-5-3-10(12)4-6-11/h3-6H,7-8H2,1-2H3/b13-9+. The van der Waals surface area contributed by atoms with Crippen molar-refractivity contribution in [2.75, 3.05) is 19.5 Å². The maximum atomic E-state index is 12.6. The molecule has 1 aromatic rings. The second-order valence-electron chi connectivity index (χ2n) is 2.95. The quantitative estimate of drug-likeness (QED) is 0.345. The molecule has 16 heavy (non-hydrogen) atoms. The molecule has 0 atom stereocenters. The van der Waals surface area contributed by atoms with Gasteiger partial charge in [0.2, 0.25) is 0 Å². The Morgan fingerprint density at radius 2 is 2.06 bits per heavy atom. The molecule has 0 aliphatic carbocycles. The van der Waals surface area contributed by atoms with Gasteiger partial charge in [0.25, 0.3) is 0 Å². The minimum atomic E-state index is -0.262. The highest BCUT2D eigenvalue weighted by Crippen LogP contribution is 2.12. The Morgan fingerprint density at radius 3 is 2.69 bits per heavy atom. The second-order valence-corrected chi connectivity index (χ2v) is 3.80. The third-order valence-corrected chi connectivity index (χ3v) is 2.48. The van der Waals surface area contributed by atoms with E-state index in [2.05, 4.69) is 4.40 Å². The number of hydrogen-bond acceptors (Lipinski definition) is 4. The van der Waals surface area contributed by atoms with Crippen molar-refractivity contribution in [3.8, 4) is 5.75 Å². The molecule has 1 rings (SSSR count). The summed E-state index contributed by atoms with van der Waals surface area (Å²) in [5.41, 5.74) is 0. The molecule has 0 amide bonds. The predicted octanol–water partition coefficient (Wildman–Crippen LogP) is 2.92. The van der Waals surface area contributed by atoms with E-state index in [-0.39, 0.29) is 5.82 Å². The van der Waals surface area contributed by atoms with Gasteiger partial charge in [0.1, 0.15) is 11.6 Å². The molecule has 0 aliphatic rings. The lowest BCUT2D eigenvalue weighted by molar-refractivity contribution is 0.343. The van der Waals surface area contributed by atoms with Gasteiger partial charge in [-0.25, -0.2) is 4.39 Å². The molecule has 1 aromatic carbocycles. The van der Waals surface area contributed by atoms with Crippen LogP contribution in [0.3, 0.4) is 0 Å². The Hall–Kier alpha value is -1.23. The van der Waals surface area contributed by atoms with Crippen molar-refractivity contribution in [2.24, 2.45) is 4.40 Å². The molecule has 0 saturated heterocycles. The summed E-state index contributed by atoms with van der Waals surface area (Å²) in [7, 11) is 1.58. The average molecular weight is 243 g/mol.